The summed E-state index contributed by atoms with van der Waals surface area (Å²) in [6.45, 7) is 4.50. The Kier molecular flexibility index (Phi) is 2.84. The Bertz CT molecular complexity index is 261. The lowest BCUT2D eigenvalue weighted by Crippen LogP contribution is -2.28. The highest BCUT2D eigenvalue weighted by Gasteiger charge is 2.24. The molecule has 1 N–H and O–H groups in total. The SMILES string of the molecule is CC=CN1CC(C)NC1=N[N+](=O)[O-]. The maximum atomic E-state index is 10.1. The number of hydrogen-bond donors (Lipinski definition) is 1. The molecule has 0 aromatic heterocycles. The van der Waals surface area contributed by atoms with Crippen LogP contribution in [0.1, 0.15) is 13.8 Å². The topological polar surface area (TPSA) is 70.8 Å². The quantitative estimate of drug-likeness (QED) is 0.497. The third kappa shape index (κ3) is 2.43. The molecule has 0 spiro atoms. The van der Waals surface area contributed by atoms with Gasteiger partial charge in [0, 0.05) is 18.8 Å². The molecule has 1 aliphatic rings. The lowest BCUT2D eigenvalue weighted by atomic mass is 10.4. The van der Waals surface area contributed by atoms with Crippen LogP contribution in [0.15, 0.2) is 17.4 Å². The molecule has 1 saturated heterocycles. The Labute approximate surface area is 76.1 Å². The Morgan fingerprint density at radius 3 is 3.08 bits per heavy atom. The van der Waals surface area contributed by atoms with Gasteiger partial charge in [0.15, 0.2) is 5.03 Å². The average molecular weight is 184 g/mol. The van der Waals surface area contributed by atoms with E-state index in [1.807, 2.05) is 19.9 Å². The maximum Gasteiger partial charge on any atom is 0.275 e. The van der Waals surface area contributed by atoms with Crippen LogP contribution >= 0.6 is 0 Å². The van der Waals surface area contributed by atoms with Crippen molar-refractivity contribution in [2.75, 3.05) is 6.54 Å². The molecule has 0 aliphatic carbocycles. The molecular formula is C7H12N4O2. The Hall–Kier alpha value is -1.59. The van der Waals surface area contributed by atoms with Crippen LogP contribution in [-0.2, 0) is 0 Å². The monoisotopic (exact) mass is 184 g/mol. The molecule has 6 heteroatoms. The van der Waals surface area contributed by atoms with E-state index in [2.05, 4.69) is 10.4 Å². The van der Waals surface area contributed by atoms with Gasteiger partial charge in [0.2, 0.25) is 0 Å². The third-order valence-electron chi connectivity index (χ3n) is 1.62. The van der Waals surface area contributed by atoms with Gasteiger partial charge in [-0.1, -0.05) is 6.08 Å². The Morgan fingerprint density at radius 2 is 2.54 bits per heavy atom. The van der Waals surface area contributed by atoms with Crippen molar-refractivity contribution in [2.24, 2.45) is 5.10 Å². The van der Waals surface area contributed by atoms with Crippen molar-refractivity contribution >= 4 is 5.96 Å². The van der Waals surface area contributed by atoms with Crippen molar-refractivity contribution in [1.82, 2.24) is 10.2 Å². The van der Waals surface area contributed by atoms with Gasteiger partial charge in [-0.2, -0.15) is 0 Å². The van der Waals surface area contributed by atoms with Crippen LogP contribution in [0.5, 0.6) is 0 Å². The third-order valence-corrected chi connectivity index (χ3v) is 1.62. The largest absolute Gasteiger partial charge is 0.346 e. The predicted octanol–water partition coefficient (Wildman–Crippen LogP) is 0.361. The first kappa shape index (κ1) is 9.50. The number of nitro groups is 1. The molecule has 1 atom stereocenters. The minimum Gasteiger partial charge on any atom is -0.346 e. The molecule has 1 heterocycles. The number of hydrazone groups is 1. The van der Waals surface area contributed by atoms with E-state index in [9.17, 15) is 10.1 Å². The highest BCUT2D eigenvalue weighted by molar-refractivity contribution is 5.82. The minimum atomic E-state index is -0.698. The number of hydrogen-bond acceptors (Lipinski definition) is 2. The molecule has 13 heavy (non-hydrogen) atoms. The van der Waals surface area contributed by atoms with Crippen LogP contribution in [0.25, 0.3) is 0 Å². The van der Waals surface area contributed by atoms with E-state index >= 15 is 0 Å². The molecule has 1 fully saturated rings. The highest BCUT2D eigenvalue weighted by atomic mass is 16.7. The molecule has 1 rings (SSSR count). The van der Waals surface area contributed by atoms with Gasteiger partial charge in [0.25, 0.3) is 5.96 Å². The molecule has 0 amide bonds. The maximum absolute atomic E-state index is 10.1. The van der Waals surface area contributed by atoms with Gasteiger partial charge in [-0.25, -0.2) is 10.1 Å². The zero-order valence-corrected chi connectivity index (χ0v) is 7.60. The van der Waals surface area contributed by atoms with Crippen LogP contribution in [0.3, 0.4) is 0 Å². The smallest absolute Gasteiger partial charge is 0.275 e. The van der Waals surface area contributed by atoms with Crippen molar-refractivity contribution in [3.8, 4) is 0 Å². The van der Waals surface area contributed by atoms with E-state index in [-0.39, 0.29) is 6.04 Å². The normalized spacial score (nSPS) is 25.5. The van der Waals surface area contributed by atoms with Crippen LogP contribution in [-0.4, -0.2) is 28.5 Å². The van der Waals surface area contributed by atoms with E-state index in [1.165, 1.54) is 0 Å². The predicted molar refractivity (Wildman–Crippen MR) is 48.5 cm³/mol. The first-order chi connectivity index (χ1) is 6.13. The van der Waals surface area contributed by atoms with Crippen molar-refractivity contribution in [1.29, 1.82) is 0 Å². The minimum absolute atomic E-state index is 0.190. The summed E-state index contributed by atoms with van der Waals surface area (Å²) in [6.07, 6.45) is 3.58. The molecule has 0 aromatic rings. The fourth-order valence-electron chi connectivity index (χ4n) is 1.21. The van der Waals surface area contributed by atoms with Crippen LogP contribution in [0.2, 0.25) is 0 Å². The van der Waals surface area contributed by atoms with Crippen molar-refractivity contribution in [2.45, 2.75) is 19.9 Å². The first-order valence-corrected chi connectivity index (χ1v) is 4.02. The zero-order valence-electron chi connectivity index (χ0n) is 7.60. The molecule has 0 radical (unpaired) electrons. The number of nitrogens with zero attached hydrogens (tertiary/aromatic N) is 3. The molecule has 1 unspecified atom stereocenters. The number of guanidine groups is 1. The lowest BCUT2D eigenvalue weighted by molar-refractivity contribution is -0.485. The van der Waals surface area contributed by atoms with Gasteiger partial charge < -0.3 is 10.2 Å². The summed E-state index contributed by atoms with van der Waals surface area (Å²) >= 11 is 0. The van der Waals surface area contributed by atoms with Crippen molar-refractivity contribution in [3.63, 3.8) is 0 Å². The Balaban J connectivity index is 2.77. The second-order valence-corrected chi connectivity index (χ2v) is 2.84. The second kappa shape index (κ2) is 3.88. The van der Waals surface area contributed by atoms with Crippen LogP contribution < -0.4 is 5.32 Å². The molecule has 6 nitrogen and oxygen atoms in total. The summed E-state index contributed by atoms with van der Waals surface area (Å²) in [7, 11) is 0. The standard InChI is InChI=1S/C7H12N4O2/c1-3-4-10-5-6(2)8-7(10)9-11(12)13/h3-4,6H,5H2,1-2H3,(H,8,9). The van der Waals surface area contributed by atoms with Gasteiger partial charge in [0.1, 0.15) is 5.10 Å². The summed E-state index contributed by atoms with van der Waals surface area (Å²) < 4.78 is 0. The summed E-state index contributed by atoms with van der Waals surface area (Å²) in [5.41, 5.74) is 0. The fraction of sp³-hybridized carbons (Fsp3) is 0.571. The van der Waals surface area contributed by atoms with Crippen LogP contribution in [0, 0.1) is 10.1 Å². The fourth-order valence-corrected chi connectivity index (χ4v) is 1.21. The summed E-state index contributed by atoms with van der Waals surface area (Å²) in [5, 5.41) is 15.6. The lowest BCUT2D eigenvalue weighted by Gasteiger charge is -2.07. The number of allylic oxidation sites excluding steroid dienone is 1. The molecule has 72 valence electrons. The van der Waals surface area contributed by atoms with Crippen molar-refractivity contribution < 1.29 is 5.03 Å². The number of nitrogens with one attached hydrogen (secondary N) is 1. The van der Waals surface area contributed by atoms with E-state index in [1.54, 1.807) is 11.1 Å². The molecule has 1 aliphatic heterocycles. The van der Waals surface area contributed by atoms with Gasteiger partial charge in [0.05, 0.1) is 0 Å². The Morgan fingerprint density at radius 1 is 1.85 bits per heavy atom. The summed E-state index contributed by atoms with van der Waals surface area (Å²) in [4.78, 5) is 11.9. The van der Waals surface area contributed by atoms with E-state index in [4.69, 9.17) is 0 Å². The van der Waals surface area contributed by atoms with Gasteiger partial charge in [-0.05, 0) is 13.8 Å². The average Bonchev–Trinajstić information content (AvgIpc) is 2.31. The van der Waals surface area contributed by atoms with E-state index in [0.717, 1.165) is 0 Å². The molecule has 0 aromatic carbocycles. The van der Waals surface area contributed by atoms with Gasteiger partial charge >= 0.3 is 0 Å². The summed E-state index contributed by atoms with van der Waals surface area (Å²) in [6, 6.07) is 0.190. The number of rotatable bonds is 2. The highest BCUT2D eigenvalue weighted by Crippen LogP contribution is 2.04. The molecule has 0 saturated carbocycles. The second-order valence-electron chi connectivity index (χ2n) is 2.84. The van der Waals surface area contributed by atoms with Gasteiger partial charge in [-0.3, -0.25) is 0 Å². The molecular weight excluding hydrogens is 172 g/mol. The van der Waals surface area contributed by atoms with E-state index < -0.39 is 5.03 Å². The van der Waals surface area contributed by atoms with Crippen molar-refractivity contribution in [3.05, 3.63) is 22.4 Å². The zero-order chi connectivity index (χ0) is 9.84. The van der Waals surface area contributed by atoms with E-state index in [0.29, 0.717) is 12.5 Å². The van der Waals surface area contributed by atoms with Crippen LogP contribution in [0.4, 0.5) is 0 Å². The summed E-state index contributed by atoms with van der Waals surface area (Å²) in [5.74, 6) is 0.301. The first-order valence-electron chi connectivity index (χ1n) is 4.02. The van der Waals surface area contributed by atoms with Gasteiger partial charge in [-0.15, -0.1) is 0 Å². The molecule has 0 bridgehead atoms.